The second-order valence-electron chi connectivity index (χ2n) is 5.42. The van der Waals surface area contributed by atoms with E-state index in [0.29, 0.717) is 11.3 Å². The fourth-order valence-corrected chi connectivity index (χ4v) is 2.15. The van der Waals surface area contributed by atoms with Crippen LogP contribution in [0.3, 0.4) is 0 Å². The normalized spacial score (nSPS) is 11.9. The van der Waals surface area contributed by atoms with E-state index < -0.39 is 24.0 Å². The molecule has 1 aromatic carbocycles. The lowest BCUT2D eigenvalue weighted by Gasteiger charge is -2.13. The summed E-state index contributed by atoms with van der Waals surface area (Å²) in [5, 5.41) is 4.60. The van der Waals surface area contributed by atoms with E-state index in [1.165, 1.54) is 26.2 Å². The molecule has 0 aliphatic carbocycles. The predicted octanol–water partition coefficient (Wildman–Crippen LogP) is 2.64. The van der Waals surface area contributed by atoms with Crippen LogP contribution in [-0.2, 0) is 14.3 Å². The van der Waals surface area contributed by atoms with Crippen molar-refractivity contribution in [2.75, 3.05) is 7.11 Å². The van der Waals surface area contributed by atoms with Crippen LogP contribution in [0.15, 0.2) is 28.7 Å². The molecule has 0 unspecified atom stereocenters. The molecule has 1 rings (SSSR count). The third-order valence-corrected chi connectivity index (χ3v) is 3.40. The molecule has 3 amide bonds. The molecule has 0 bridgehead atoms. The number of imide groups is 1. The summed E-state index contributed by atoms with van der Waals surface area (Å²) in [6, 6.07) is 4.57. The molecule has 0 aromatic heterocycles. The Bertz CT molecular complexity index is 673. The highest BCUT2D eigenvalue weighted by molar-refractivity contribution is 9.10. The summed E-state index contributed by atoms with van der Waals surface area (Å²) >= 11 is 3.34. The maximum Gasteiger partial charge on any atom is 0.331 e. The van der Waals surface area contributed by atoms with Gasteiger partial charge in [0.2, 0.25) is 0 Å². The van der Waals surface area contributed by atoms with Crippen molar-refractivity contribution in [3.05, 3.63) is 34.3 Å². The van der Waals surface area contributed by atoms with E-state index >= 15 is 0 Å². The molecule has 0 fully saturated rings. The fraction of sp³-hybridized carbons (Fsp3) is 0.353. The number of esters is 1. The first-order valence-electron chi connectivity index (χ1n) is 7.56. The number of amides is 3. The number of hydrogen-bond donors (Lipinski definition) is 2. The van der Waals surface area contributed by atoms with Gasteiger partial charge in [-0.3, -0.25) is 10.1 Å². The van der Waals surface area contributed by atoms with Gasteiger partial charge < -0.3 is 14.8 Å². The molecule has 136 valence electrons. The summed E-state index contributed by atoms with van der Waals surface area (Å²) in [7, 11) is 1.52. The van der Waals surface area contributed by atoms with Crippen LogP contribution in [0.1, 0.15) is 26.3 Å². The van der Waals surface area contributed by atoms with Crippen molar-refractivity contribution in [2.24, 2.45) is 0 Å². The molecule has 8 heteroatoms. The van der Waals surface area contributed by atoms with E-state index in [4.69, 9.17) is 9.47 Å². The third-order valence-electron chi connectivity index (χ3n) is 2.91. The lowest BCUT2D eigenvalue weighted by atomic mass is 10.2. The number of carbonyl (C=O) groups excluding carboxylic acids is 3. The van der Waals surface area contributed by atoms with Crippen molar-refractivity contribution >= 4 is 39.9 Å². The Morgan fingerprint density at radius 2 is 1.88 bits per heavy atom. The van der Waals surface area contributed by atoms with E-state index in [1.54, 1.807) is 26.0 Å². The Morgan fingerprint density at radius 1 is 1.20 bits per heavy atom. The molecule has 0 aliphatic heterocycles. The smallest absolute Gasteiger partial charge is 0.331 e. The van der Waals surface area contributed by atoms with Gasteiger partial charge >= 0.3 is 12.0 Å². The number of urea groups is 1. The maximum atomic E-state index is 11.8. The maximum absolute atomic E-state index is 11.8. The number of hydrogen-bond acceptors (Lipinski definition) is 5. The zero-order valence-electron chi connectivity index (χ0n) is 14.5. The fourth-order valence-electron chi connectivity index (χ4n) is 1.77. The zero-order valence-corrected chi connectivity index (χ0v) is 16.0. The second kappa shape index (κ2) is 9.83. The SMILES string of the molecule is COc1ccc(Br)cc1/C=C/C(=O)O[C@H](C)C(=O)NC(=O)NC(C)C. The highest BCUT2D eigenvalue weighted by Gasteiger charge is 2.19. The number of ether oxygens (including phenoxy) is 2. The van der Waals surface area contributed by atoms with Gasteiger partial charge in [0, 0.05) is 22.2 Å². The third kappa shape index (κ3) is 7.38. The number of carbonyl (C=O) groups is 3. The van der Waals surface area contributed by atoms with Gasteiger partial charge in [0.1, 0.15) is 5.75 Å². The van der Waals surface area contributed by atoms with Crippen molar-refractivity contribution in [1.82, 2.24) is 10.6 Å². The van der Waals surface area contributed by atoms with Crippen LogP contribution in [0.5, 0.6) is 5.75 Å². The number of benzene rings is 1. The van der Waals surface area contributed by atoms with Gasteiger partial charge in [-0.2, -0.15) is 0 Å². The Morgan fingerprint density at radius 3 is 2.48 bits per heavy atom. The molecule has 7 nitrogen and oxygen atoms in total. The molecule has 0 saturated carbocycles. The number of methoxy groups -OCH3 is 1. The van der Waals surface area contributed by atoms with Crippen LogP contribution in [0.4, 0.5) is 4.79 Å². The monoisotopic (exact) mass is 412 g/mol. The van der Waals surface area contributed by atoms with Gasteiger partial charge in [-0.05, 0) is 45.0 Å². The largest absolute Gasteiger partial charge is 0.496 e. The Kier molecular flexibility index (Phi) is 8.13. The first-order chi connectivity index (χ1) is 11.7. The summed E-state index contributed by atoms with van der Waals surface area (Å²) in [5.41, 5.74) is 0.669. The molecule has 0 saturated heterocycles. The Hall–Kier alpha value is -2.35. The second-order valence-corrected chi connectivity index (χ2v) is 6.33. The molecular weight excluding hydrogens is 392 g/mol. The lowest BCUT2D eigenvalue weighted by molar-refractivity contribution is -0.149. The van der Waals surface area contributed by atoms with Crippen molar-refractivity contribution in [2.45, 2.75) is 32.9 Å². The van der Waals surface area contributed by atoms with Gasteiger partial charge in [0.05, 0.1) is 7.11 Å². The average molecular weight is 413 g/mol. The summed E-state index contributed by atoms with van der Waals surface area (Å²) in [5.74, 6) is -0.836. The predicted molar refractivity (Wildman–Crippen MR) is 97.1 cm³/mol. The highest BCUT2D eigenvalue weighted by Crippen LogP contribution is 2.24. The molecule has 0 spiro atoms. The van der Waals surface area contributed by atoms with Crippen molar-refractivity contribution in [1.29, 1.82) is 0 Å². The minimum Gasteiger partial charge on any atom is -0.496 e. The van der Waals surface area contributed by atoms with Gasteiger partial charge in [0.15, 0.2) is 6.10 Å². The van der Waals surface area contributed by atoms with Gasteiger partial charge in [0.25, 0.3) is 5.91 Å². The minimum absolute atomic E-state index is 0.117. The molecule has 0 aliphatic rings. The molecule has 1 aromatic rings. The summed E-state index contributed by atoms with van der Waals surface area (Å²) in [4.78, 5) is 35.1. The van der Waals surface area contributed by atoms with Crippen LogP contribution >= 0.6 is 15.9 Å². The first-order valence-corrected chi connectivity index (χ1v) is 8.35. The molecular formula is C17H21BrN2O5. The molecule has 2 N–H and O–H groups in total. The minimum atomic E-state index is -1.11. The number of nitrogens with one attached hydrogen (secondary N) is 2. The van der Waals surface area contributed by atoms with Crippen LogP contribution in [0, 0.1) is 0 Å². The van der Waals surface area contributed by atoms with Crippen LogP contribution in [0.2, 0.25) is 0 Å². The van der Waals surface area contributed by atoms with E-state index in [9.17, 15) is 14.4 Å². The zero-order chi connectivity index (χ0) is 19.0. The quantitative estimate of drug-likeness (QED) is 0.553. The Labute approximate surface area is 154 Å². The molecule has 25 heavy (non-hydrogen) atoms. The molecule has 0 heterocycles. The average Bonchev–Trinajstić information content (AvgIpc) is 2.52. The van der Waals surface area contributed by atoms with Crippen molar-refractivity contribution in [3.63, 3.8) is 0 Å². The van der Waals surface area contributed by atoms with Crippen LogP contribution < -0.4 is 15.4 Å². The highest BCUT2D eigenvalue weighted by atomic mass is 79.9. The number of halogens is 1. The van der Waals surface area contributed by atoms with Crippen molar-refractivity contribution in [3.8, 4) is 5.75 Å². The van der Waals surface area contributed by atoms with Gasteiger partial charge in [-0.15, -0.1) is 0 Å². The van der Waals surface area contributed by atoms with Crippen LogP contribution in [-0.4, -0.2) is 37.2 Å². The summed E-state index contributed by atoms with van der Waals surface area (Å²) in [6.07, 6.45) is 1.59. The Balaban J connectivity index is 2.62. The van der Waals surface area contributed by atoms with E-state index in [0.717, 1.165) is 4.47 Å². The molecule has 0 radical (unpaired) electrons. The lowest BCUT2D eigenvalue weighted by Crippen LogP contribution is -2.46. The van der Waals surface area contributed by atoms with Crippen LogP contribution in [0.25, 0.3) is 6.08 Å². The number of rotatable bonds is 6. The van der Waals surface area contributed by atoms with E-state index in [1.807, 2.05) is 6.07 Å². The summed E-state index contributed by atoms with van der Waals surface area (Å²) < 4.78 is 11.0. The summed E-state index contributed by atoms with van der Waals surface area (Å²) in [6.45, 7) is 4.90. The van der Waals surface area contributed by atoms with E-state index in [-0.39, 0.29) is 6.04 Å². The topological polar surface area (TPSA) is 93.7 Å². The van der Waals surface area contributed by atoms with Gasteiger partial charge in [-0.1, -0.05) is 15.9 Å². The molecule has 1 atom stereocenters. The standard InChI is InChI=1S/C17H21BrN2O5/c1-10(2)19-17(23)20-16(22)11(3)25-15(21)8-5-12-9-13(18)6-7-14(12)24-4/h5-11H,1-4H3,(H2,19,20,22,23)/b8-5+/t11-/m1/s1. The van der Waals surface area contributed by atoms with Gasteiger partial charge in [-0.25, -0.2) is 9.59 Å². The van der Waals surface area contributed by atoms with E-state index in [2.05, 4.69) is 26.6 Å². The van der Waals surface area contributed by atoms with Crippen molar-refractivity contribution < 1.29 is 23.9 Å². The first kappa shape index (κ1) is 20.7.